The van der Waals surface area contributed by atoms with E-state index in [4.69, 9.17) is 16.3 Å². The van der Waals surface area contributed by atoms with Crippen LogP contribution in [0, 0.1) is 0 Å². The average Bonchev–Trinajstić information content (AvgIpc) is 2.24. The number of rotatable bonds is 4. The van der Waals surface area contributed by atoms with E-state index in [0.717, 1.165) is 0 Å². The average molecular weight is 286 g/mol. The van der Waals surface area contributed by atoms with Gasteiger partial charge in [-0.1, -0.05) is 17.7 Å². The molecule has 2 N–H and O–H groups in total. The molecule has 106 valence electrons. The molecule has 19 heavy (non-hydrogen) atoms. The van der Waals surface area contributed by atoms with Gasteiger partial charge in [-0.3, -0.25) is 4.79 Å². The van der Waals surface area contributed by atoms with E-state index in [1.54, 1.807) is 25.1 Å². The van der Waals surface area contributed by atoms with Gasteiger partial charge in [-0.05, 0) is 45.4 Å². The van der Waals surface area contributed by atoms with E-state index in [9.17, 15) is 9.90 Å². The summed E-state index contributed by atoms with van der Waals surface area (Å²) in [5.41, 5.74) is 0.414. The highest BCUT2D eigenvalue weighted by Crippen LogP contribution is 2.27. The molecule has 0 spiro atoms. The van der Waals surface area contributed by atoms with Gasteiger partial charge >= 0.3 is 0 Å². The van der Waals surface area contributed by atoms with Crippen molar-refractivity contribution >= 4 is 17.5 Å². The van der Waals surface area contributed by atoms with E-state index >= 15 is 0 Å². The summed E-state index contributed by atoms with van der Waals surface area (Å²) < 4.78 is 5.35. The molecule has 1 atom stereocenters. The van der Waals surface area contributed by atoms with Crippen LogP contribution in [0.2, 0.25) is 5.02 Å². The van der Waals surface area contributed by atoms with Gasteiger partial charge in [0.25, 0.3) is 5.91 Å². The van der Waals surface area contributed by atoms with Crippen molar-refractivity contribution in [3.63, 3.8) is 0 Å². The predicted octanol–water partition coefficient (Wildman–Crippen LogP) is 2.69. The van der Waals surface area contributed by atoms with Crippen molar-refractivity contribution in [3.05, 3.63) is 28.8 Å². The minimum absolute atomic E-state index is 0.0922. The quantitative estimate of drug-likeness (QED) is 0.894. The van der Waals surface area contributed by atoms with Crippen LogP contribution in [0.3, 0.4) is 0 Å². The van der Waals surface area contributed by atoms with E-state index < -0.39 is 6.10 Å². The zero-order valence-corrected chi connectivity index (χ0v) is 12.4. The molecule has 0 heterocycles. The number of carbonyl (C=O) groups is 1. The number of aliphatic hydroxyl groups is 1. The largest absolute Gasteiger partial charge is 0.482 e. The molecule has 1 rings (SSSR count). The third kappa shape index (κ3) is 5.49. The molecule has 0 aromatic heterocycles. The Morgan fingerprint density at radius 3 is 2.58 bits per heavy atom. The first-order chi connectivity index (χ1) is 8.69. The highest BCUT2D eigenvalue weighted by atomic mass is 35.5. The molecule has 0 bridgehead atoms. The first kappa shape index (κ1) is 15.8. The van der Waals surface area contributed by atoms with Gasteiger partial charge in [-0.2, -0.15) is 0 Å². The topological polar surface area (TPSA) is 58.6 Å². The predicted molar refractivity (Wildman–Crippen MR) is 75.5 cm³/mol. The van der Waals surface area contributed by atoms with E-state index in [1.807, 2.05) is 20.8 Å². The molecule has 1 aromatic rings. The molecule has 1 aromatic carbocycles. The lowest BCUT2D eigenvalue weighted by atomic mass is 10.1. The summed E-state index contributed by atoms with van der Waals surface area (Å²) in [6, 6.07) is 4.99. The number of amides is 1. The van der Waals surface area contributed by atoms with Crippen molar-refractivity contribution in [1.29, 1.82) is 0 Å². The number of hydrogen-bond donors (Lipinski definition) is 2. The number of hydrogen-bond acceptors (Lipinski definition) is 3. The molecule has 0 aliphatic carbocycles. The van der Waals surface area contributed by atoms with E-state index in [2.05, 4.69) is 5.32 Å². The maximum absolute atomic E-state index is 11.6. The van der Waals surface area contributed by atoms with Crippen LogP contribution < -0.4 is 10.1 Å². The van der Waals surface area contributed by atoms with E-state index in [1.165, 1.54) is 0 Å². The summed E-state index contributed by atoms with van der Waals surface area (Å²) in [5, 5.41) is 12.6. The maximum atomic E-state index is 11.6. The Labute approximate surface area is 118 Å². The molecule has 0 radical (unpaired) electrons. The summed E-state index contributed by atoms with van der Waals surface area (Å²) in [4.78, 5) is 11.6. The van der Waals surface area contributed by atoms with Crippen molar-refractivity contribution < 1.29 is 14.6 Å². The Kier molecular flexibility index (Phi) is 5.20. The fourth-order valence-corrected chi connectivity index (χ4v) is 1.74. The molecule has 0 saturated carbocycles. The van der Waals surface area contributed by atoms with Crippen molar-refractivity contribution in [3.8, 4) is 5.75 Å². The number of benzene rings is 1. The second-order valence-electron chi connectivity index (χ2n) is 5.45. The molecule has 0 aliphatic heterocycles. The van der Waals surface area contributed by atoms with Crippen LogP contribution in [0.15, 0.2) is 18.2 Å². The Morgan fingerprint density at radius 2 is 2.11 bits per heavy atom. The van der Waals surface area contributed by atoms with Crippen LogP contribution in [-0.4, -0.2) is 23.2 Å². The van der Waals surface area contributed by atoms with Gasteiger partial charge < -0.3 is 15.2 Å². The number of ether oxygens (including phenoxy) is 1. The second kappa shape index (κ2) is 6.26. The molecule has 0 fully saturated rings. The number of halogens is 1. The molecule has 0 aliphatic rings. The molecule has 1 amide bonds. The van der Waals surface area contributed by atoms with Gasteiger partial charge in [-0.15, -0.1) is 0 Å². The first-order valence-electron chi connectivity index (χ1n) is 6.10. The third-order valence-corrected chi connectivity index (χ3v) is 2.61. The Bertz CT molecular complexity index is 452. The zero-order valence-electron chi connectivity index (χ0n) is 11.7. The molecular formula is C14H20ClNO3. The number of carbonyl (C=O) groups excluding carboxylic acids is 1. The highest BCUT2D eigenvalue weighted by Gasteiger charge is 2.14. The van der Waals surface area contributed by atoms with E-state index in [-0.39, 0.29) is 18.1 Å². The fraction of sp³-hybridized carbons (Fsp3) is 0.500. The van der Waals surface area contributed by atoms with Crippen LogP contribution >= 0.6 is 11.6 Å². The standard InChI is InChI=1S/C14H20ClNO3/c1-9(17)10-5-6-12(11(15)7-10)19-8-13(18)16-14(2,3)4/h5-7,9,17H,8H2,1-4H3,(H,16,18). The Hall–Kier alpha value is -1.26. The number of nitrogens with one attached hydrogen (secondary N) is 1. The molecule has 5 heteroatoms. The van der Waals surface area contributed by atoms with Crippen molar-refractivity contribution in [2.24, 2.45) is 0 Å². The lowest BCUT2D eigenvalue weighted by molar-refractivity contribution is -0.124. The lowest BCUT2D eigenvalue weighted by Gasteiger charge is -2.20. The van der Waals surface area contributed by atoms with Gasteiger partial charge in [-0.25, -0.2) is 0 Å². The smallest absolute Gasteiger partial charge is 0.258 e. The van der Waals surface area contributed by atoms with Gasteiger partial charge in [0.15, 0.2) is 6.61 Å². The van der Waals surface area contributed by atoms with Gasteiger partial charge in [0.2, 0.25) is 0 Å². The second-order valence-corrected chi connectivity index (χ2v) is 5.86. The maximum Gasteiger partial charge on any atom is 0.258 e. The molecular weight excluding hydrogens is 266 g/mol. The minimum Gasteiger partial charge on any atom is -0.482 e. The highest BCUT2D eigenvalue weighted by molar-refractivity contribution is 6.32. The van der Waals surface area contributed by atoms with Crippen molar-refractivity contribution in [1.82, 2.24) is 5.32 Å². The fourth-order valence-electron chi connectivity index (χ4n) is 1.49. The lowest BCUT2D eigenvalue weighted by Crippen LogP contribution is -2.43. The zero-order chi connectivity index (χ0) is 14.6. The minimum atomic E-state index is -0.587. The van der Waals surface area contributed by atoms with Crippen LogP contribution in [-0.2, 0) is 4.79 Å². The SMILES string of the molecule is CC(O)c1ccc(OCC(=O)NC(C)(C)C)c(Cl)c1. The van der Waals surface area contributed by atoms with Gasteiger partial charge in [0.05, 0.1) is 11.1 Å². The summed E-state index contributed by atoms with van der Waals surface area (Å²) in [6.45, 7) is 7.26. The molecule has 4 nitrogen and oxygen atoms in total. The van der Waals surface area contributed by atoms with Gasteiger partial charge in [0.1, 0.15) is 5.75 Å². The monoisotopic (exact) mass is 285 g/mol. The first-order valence-corrected chi connectivity index (χ1v) is 6.48. The normalized spacial score (nSPS) is 12.9. The van der Waals surface area contributed by atoms with Crippen LogP contribution in [0.25, 0.3) is 0 Å². The summed E-state index contributed by atoms with van der Waals surface area (Å²) in [5.74, 6) is 0.221. The van der Waals surface area contributed by atoms with Crippen molar-refractivity contribution in [2.45, 2.75) is 39.3 Å². The third-order valence-electron chi connectivity index (χ3n) is 2.31. The summed E-state index contributed by atoms with van der Waals surface area (Å²) >= 11 is 6.02. The summed E-state index contributed by atoms with van der Waals surface area (Å²) in [6.07, 6.45) is -0.587. The Morgan fingerprint density at radius 1 is 1.47 bits per heavy atom. The number of aliphatic hydroxyl groups excluding tert-OH is 1. The Balaban J connectivity index is 2.61. The van der Waals surface area contributed by atoms with Crippen LogP contribution in [0.4, 0.5) is 0 Å². The van der Waals surface area contributed by atoms with Crippen molar-refractivity contribution in [2.75, 3.05) is 6.61 Å². The van der Waals surface area contributed by atoms with Crippen LogP contribution in [0.1, 0.15) is 39.4 Å². The molecule has 0 saturated heterocycles. The van der Waals surface area contributed by atoms with E-state index in [0.29, 0.717) is 16.3 Å². The molecule has 1 unspecified atom stereocenters. The summed E-state index contributed by atoms with van der Waals surface area (Å²) in [7, 11) is 0. The van der Waals surface area contributed by atoms with Crippen LogP contribution in [0.5, 0.6) is 5.75 Å². The van der Waals surface area contributed by atoms with Gasteiger partial charge in [0, 0.05) is 5.54 Å².